The summed E-state index contributed by atoms with van der Waals surface area (Å²) >= 11 is 0. The lowest BCUT2D eigenvalue weighted by Gasteiger charge is -2.28. The van der Waals surface area contributed by atoms with Gasteiger partial charge in [-0.05, 0) is 60.9 Å². The molecule has 0 spiro atoms. The van der Waals surface area contributed by atoms with Gasteiger partial charge in [0.05, 0.1) is 12.2 Å². The highest BCUT2D eigenvalue weighted by Crippen LogP contribution is 2.34. The van der Waals surface area contributed by atoms with E-state index in [1.165, 1.54) is 127 Å². The Labute approximate surface area is 272 Å². The summed E-state index contributed by atoms with van der Waals surface area (Å²) < 4.78 is 40.2. The molecule has 3 nitrogen and oxygen atoms in total. The van der Waals surface area contributed by atoms with Crippen LogP contribution < -0.4 is 9.47 Å². The molecule has 1 aliphatic carbocycles. The molecule has 5 heteroatoms. The molecule has 0 heterocycles. The molecular weight excluding hydrogens is 566 g/mol. The van der Waals surface area contributed by atoms with Gasteiger partial charge >= 0.3 is 5.97 Å². The Kier molecular flexibility index (Phi) is 18.2. The lowest BCUT2D eigenvalue weighted by Crippen LogP contribution is -2.14. The van der Waals surface area contributed by atoms with Crippen molar-refractivity contribution in [1.29, 1.82) is 0 Å². The second-order valence-electron chi connectivity index (χ2n) is 13.4. The topological polar surface area (TPSA) is 35.5 Å². The van der Waals surface area contributed by atoms with Crippen LogP contribution in [-0.4, -0.2) is 12.6 Å². The van der Waals surface area contributed by atoms with Crippen LogP contribution in [0.5, 0.6) is 11.5 Å². The maximum absolute atomic E-state index is 14.7. The SMILES string of the molecule is CCCCCCCCCCCCOc1ccc(C(=O)Oc2ccc(CCCC[C@H]3CC[C@H](CCCCC)CC3)cc2)c(F)c1F. The molecule has 0 N–H and O–H groups in total. The maximum atomic E-state index is 14.7. The molecule has 0 aromatic heterocycles. The molecule has 0 amide bonds. The third-order valence-electron chi connectivity index (χ3n) is 9.67. The number of aryl methyl sites for hydroxylation is 1. The molecule has 3 rings (SSSR count). The average molecular weight is 627 g/mol. The van der Waals surface area contributed by atoms with Gasteiger partial charge in [-0.15, -0.1) is 0 Å². The Morgan fingerprint density at radius 1 is 0.644 bits per heavy atom. The summed E-state index contributed by atoms with van der Waals surface area (Å²) in [5.74, 6) is -1.28. The van der Waals surface area contributed by atoms with Crippen LogP contribution in [-0.2, 0) is 6.42 Å². The number of carbonyl (C=O) groups is 1. The number of benzene rings is 2. The first-order chi connectivity index (χ1) is 22.0. The number of hydrogen-bond acceptors (Lipinski definition) is 3. The number of rotatable bonds is 23. The number of halogens is 2. The van der Waals surface area contributed by atoms with Gasteiger partial charge in [-0.1, -0.05) is 148 Å². The quantitative estimate of drug-likeness (QED) is 0.0699. The van der Waals surface area contributed by atoms with E-state index in [0.717, 1.165) is 43.9 Å². The van der Waals surface area contributed by atoms with Crippen LogP contribution in [0.3, 0.4) is 0 Å². The van der Waals surface area contributed by atoms with Crippen molar-refractivity contribution in [3.63, 3.8) is 0 Å². The lowest BCUT2D eigenvalue weighted by molar-refractivity contribution is 0.0728. The Hall–Kier alpha value is -2.43. The zero-order valence-electron chi connectivity index (χ0n) is 28.4. The number of esters is 1. The van der Waals surface area contributed by atoms with Crippen molar-refractivity contribution in [2.24, 2.45) is 11.8 Å². The second kappa shape index (κ2) is 22.2. The van der Waals surface area contributed by atoms with Crippen LogP contribution in [0.25, 0.3) is 0 Å². The highest BCUT2D eigenvalue weighted by molar-refractivity contribution is 5.91. The van der Waals surface area contributed by atoms with E-state index < -0.39 is 23.2 Å². The van der Waals surface area contributed by atoms with Crippen molar-refractivity contribution in [2.75, 3.05) is 6.61 Å². The molecule has 1 saturated carbocycles. The molecule has 1 aliphatic rings. The monoisotopic (exact) mass is 626 g/mol. The molecule has 0 bridgehead atoms. The molecule has 0 saturated heterocycles. The van der Waals surface area contributed by atoms with E-state index in [2.05, 4.69) is 13.8 Å². The Bertz CT molecular complexity index is 1080. The van der Waals surface area contributed by atoms with Crippen molar-refractivity contribution in [2.45, 2.75) is 155 Å². The van der Waals surface area contributed by atoms with Crippen LogP contribution in [0, 0.1) is 23.5 Å². The van der Waals surface area contributed by atoms with Crippen LogP contribution in [0.4, 0.5) is 8.78 Å². The van der Waals surface area contributed by atoms with Gasteiger partial charge in [0.2, 0.25) is 5.82 Å². The minimum Gasteiger partial charge on any atom is -0.490 e. The molecular formula is C40H60F2O3. The van der Waals surface area contributed by atoms with Gasteiger partial charge in [-0.3, -0.25) is 0 Å². The minimum absolute atomic E-state index is 0.167. The van der Waals surface area contributed by atoms with Gasteiger partial charge in [-0.25, -0.2) is 9.18 Å². The van der Waals surface area contributed by atoms with Crippen LogP contribution in [0.15, 0.2) is 36.4 Å². The third kappa shape index (κ3) is 14.3. The van der Waals surface area contributed by atoms with Crippen LogP contribution >= 0.6 is 0 Å². The van der Waals surface area contributed by atoms with Crippen molar-refractivity contribution in [3.05, 3.63) is 59.2 Å². The molecule has 2 aromatic carbocycles. The van der Waals surface area contributed by atoms with Gasteiger partial charge < -0.3 is 9.47 Å². The molecule has 0 aliphatic heterocycles. The van der Waals surface area contributed by atoms with E-state index in [4.69, 9.17) is 9.47 Å². The zero-order chi connectivity index (χ0) is 32.1. The van der Waals surface area contributed by atoms with Crippen molar-refractivity contribution in [3.8, 4) is 11.5 Å². The summed E-state index contributed by atoms with van der Waals surface area (Å²) in [5, 5.41) is 0. The summed E-state index contributed by atoms with van der Waals surface area (Å²) in [6.07, 6.45) is 27.8. The maximum Gasteiger partial charge on any atom is 0.346 e. The molecule has 252 valence electrons. The van der Waals surface area contributed by atoms with Crippen LogP contribution in [0.2, 0.25) is 0 Å². The number of ether oxygens (including phenoxy) is 2. The van der Waals surface area contributed by atoms with E-state index >= 15 is 0 Å². The number of carbonyl (C=O) groups excluding carboxylic acids is 1. The molecule has 1 fully saturated rings. The summed E-state index contributed by atoms with van der Waals surface area (Å²) in [4.78, 5) is 12.6. The van der Waals surface area contributed by atoms with Crippen LogP contribution in [0.1, 0.15) is 165 Å². The highest BCUT2D eigenvalue weighted by Gasteiger charge is 2.22. The fourth-order valence-corrected chi connectivity index (χ4v) is 6.71. The normalized spacial score (nSPS) is 16.5. The van der Waals surface area contributed by atoms with E-state index in [1.807, 2.05) is 12.1 Å². The standard InChI is InChI=1S/C40H60F2O3/c1-3-5-7-8-9-10-11-12-13-17-31-44-37-30-29-36(38(41)39(37)42)40(43)45-35-27-25-34(26-28-35)20-16-15-19-33-23-21-32(22-24-33)18-14-6-4-2/h25-30,32-33H,3-24,31H2,1-2H3/t32-,33-. The summed E-state index contributed by atoms with van der Waals surface area (Å²) in [6.45, 7) is 4.83. The zero-order valence-corrected chi connectivity index (χ0v) is 28.4. The molecule has 0 radical (unpaired) electrons. The lowest BCUT2D eigenvalue weighted by atomic mass is 9.78. The molecule has 2 aromatic rings. The van der Waals surface area contributed by atoms with E-state index in [-0.39, 0.29) is 5.75 Å². The van der Waals surface area contributed by atoms with E-state index in [1.54, 1.807) is 12.1 Å². The largest absolute Gasteiger partial charge is 0.490 e. The minimum atomic E-state index is -1.23. The number of unbranched alkanes of at least 4 members (excludes halogenated alkanes) is 12. The van der Waals surface area contributed by atoms with Gasteiger partial charge in [0.1, 0.15) is 5.75 Å². The Morgan fingerprint density at radius 2 is 1.18 bits per heavy atom. The molecule has 0 atom stereocenters. The van der Waals surface area contributed by atoms with Gasteiger partial charge in [0.15, 0.2) is 11.6 Å². The first kappa shape index (κ1) is 37.0. The fraction of sp³-hybridized carbons (Fsp3) is 0.675. The molecule has 0 unspecified atom stereocenters. The highest BCUT2D eigenvalue weighted by atomic mass is 19.2. The van der Waals surface area contributed by atoms with Crippen molar-refractivity contribution < 1.29 is 23.0 Å². The van der Waals surface area contributed by atoms with Gasteiger partial charge in [0, 0.05) is 0 Å². The second-order valence-corrected chi connectivity index (χ2v) is 13.4. The molecule has 45 heavy (non-hydrogen) atoms. The summed E-state index contributed by atoms with van der Waals surface area (Å²) in [6, 6.07) is 9.91. The Morgan fingerprint density at radius 3 is 1.78 bits per heavy atom. The third-order valence-corrected chi connectivity index (χ3v) is 9.67. The van der Waals surface area contributed by atoms with E-state index in [9.17, 15) is 13.6 Å². The predicted octanol–water partition coefficient (Wildman–Crippen LogP) is 12.6. The van der Waals surface area contributed by atoms with E-state index in [0.29, 0.717) is 12.4 Å². The first-order valence-electron chi connectivity index (χ1n) is 18.4. The van der Waals surface area contributed by atoms with Crippen molar-refractivity contribution >= 4 is 5.97 Å². The van der Waals surface area contributed by atoms with Gasteiger partial charge in [-0.2, -0.15) is 4.39 Å². The smallest absolute Gasteiger partial charge is 0.346 e. The fourth-order valence-electron chi connectivity index (χ4n) is 6.71. The predicted molar refractivity (Wildman–Crippen MR) is 182 cm³/mol. The average Bonchev–Trinajstić information content (AvgIpc) is 3.05. The Balaban J connectivity index is 1.30. The van der Waals surface area contributed by atoms with Crippen molar-refractivity contribution in [1.82, 2.24) is 0 Å². The van der Waals surface area contributed by atoms with Gasteiger partial charge in [0.25, 0.3) is 0 Å². The first-order valence-corrected chi connectivity index (χ1v) is 18.4. The summed E-state index contributed by atoms with van der Waals surface area (Å²) in [5.41, 5.74) is 0.758. The summed E-state index contributed by atoms with van der Waals surface area (Å²) in [7, 11) is 0. The number of hydrogen-bond donors (Lipinski definition) is 0.